The maximum atomic E-state index is 13.3. The summed E-state index contributed by atoms with van der Waals surface area (Å²) < 4.78 is 16.5. The van der Waals surface area contributed by atoms with Crippen molar-refractivity contribution < 1.29 is 49.3 Å². The first-order chi connectivity index (χ1) is 15.3. The Labute approximate surface area is 182 Å². The van der Waals surface area contributed by atoms with Gasteiger partial charge in [0.2, 0.25) is 6.29 Å². The number of ketones is 2. The fourth-order valence-corrected chi connectivity index (χ4v) is 3.99. The minimum atomic E-state index is -1.76. The maximum Gasteiger partial charge on any atom is 0.229 e. The van der Waals surface area contributed by atoms with E-state index in [0.717, 1.165) is 0 Å². The summed E-state index contributed by atoms with van der Waals surface area (Å²) in [5, 5.41) is 49.7. The molecule has 10 heteroatoms. The molecule has 0 unspecified atom stereocenters. The van der Waals surface area contributed by atoms with Crippen LogP contribution in [0.3, 0.4) is 0 Å². The van der Waals surface area contributed by atoms with Crippen LogP contribution in [0.15, 0.2) is 30.3 Å². The lowest BCUT2D eigenvalue weighted by Crippen LogP contribution is -2.60. The van der Waals surface area contributed by atoms with Crippen molar-refractivity contribution >= 4 is 11.6 Å². The van der Waals surface area contributed by atoms with E-state index in [4.69, 9.17) is 14.2 Å². The van der Waals surface area contributed by atoms with Crippen LogP contribution >= 0.6 is 0 Å². The third-order valence-corrected chi connectivity index (χ3v) is 5.66. The largest absolute Gasteiger partial charge is 0.492 e. The van der Waals surface area contributed by atoms with Crippen LogP contribution < -0.4 is 9.47 Å². The first-order valence-electron chi connectivity index (χ1n) is 9.84. The van der Waals surface area contributed by atoms with Crippen LogP contribution in [-0.4, -0.2) is 81.5 Å². The molecule has 0 radical (unpaired) electrons. The lowest BCUT2D eigenvalue weighted by molar-refractivity contribution is -0.277. The zero-order chi connectivity index (χ0) is 23.2. The fraction of sp³-hybridized carbons (Fsp3) is 0.364. The third-order valence-electron chi connectivity index (χ3n) is 5.66. The number of methoxy groups -OCH3 is 1. The van der Waals surface area contributed by atoms with Gasteiger partial charge >= 0.3 is 0 Å². The molecule has 2 aliphatic rings. The van der Waals surface area contributed by atoms with Crippen LogP contribution in [0.1, 0.15) is 37.4 Å². The van der Waals surface area contributed by atoms with Crippen LogP contribution in [0.4, 0.5) is 0 Å². The minimum absolute atomic E-state index is 0.0295. The van der Waals surface area contributed by atoms with Crippen LogP contribution in [0.2, 0.25) is 0 Å². The Bertz CT molecular complexity index is 1060. The molecule has 0 amide bonds. The average molecular weight is 446 g/mol. The standard InChI is InChI=1S/C22H22O10/c1-30-20-9(7-23)6-12-14(16(26)11-5-3-2-4-10(11)15(12)25)21(20)32-22-19(29)18(28)17(27)13(8-24)31-22/h2-6,13,17-19,22-24,27-29H,7-8H2,1H3/t13-,17-,18+,19-,22+/m1/s1. The van der Waals surface area contributed by atoms with Crippen molar-refractivity contribution in [3.63, 3.8) is 0 Å². The summed E-state index contributed by atoms with van der Waals surface area (Å²) in [6.45, 7) is -1.23. The Kier molecular flexibility index (Phi) is 5.99. The third kappa shape index (κ3) is 3.37. The summed E-state index contributed by atoms with van der Waals surface area (Å²) in [5.74, 6) is -1.35. The second-order valence-electron chi connectivity index (χ2n) is 7.50. The number of hydrogen-bond acceptors (Lipinski definition) is 10. The van der Waals surface area contributed by atoms with E-state index in [0.29, 0.717) is 0 Å². The molecule has 2 aromatic carbocycles. The predicted octanol–water partition coefficient (Wildman–Crippen LogP) is -0.858. The van der Waals surface area contributed by atoms with E-state index in [1.165, 1.54) is 25.3 Å². The van der Waals surface area contributed by atoms with Gasteiger partial charge in [-0.15, -0.1) is 0 Å². The van der Waals surface area contributed by atoms with Gasteiger partial charge in [0.05, 0.1) is 25.9 Å². The van der Waals surface area contributed by atoms with Crippen LogP contribution in [-0.2, 0) is 11.3 Å². The number of ether oxygens (including phenoxy) is 3. The number of carbonyl (C=O) groups is 2. The van der Waals surface area contributed by atoms with E-state index in [2.05, 4.69) is 0 Å². The molecule has 1 aliphatic heterocycles. The Morgan fingerprint density at radius 1 is 0.906 bits per heavy atom. The molecule has 1 saturated heterocycles. The predicted molar refractivity (Wildman–Crippen MR) is 107 cm³/mol. The quantitative estimate of drug-likeness (QED) is 0.333. The van der Waals surface area contributed by atoms with Gasteiger partial charge in [-0.2, -0.15) is 0 Å². The van der Waals surface area contributed by atoms with Crippen molar-refractivity contribution in [1.82, 2.24) is 0 Å². The SMILES string of the molecule is COc1c(CO)cc2c(c1O[C@@H]1O[C@H](CO)[C@@H](O)[C@H](O)[C@H]1O)C(=O)c1ccccc1C2=O. The fourth-order valence-electron chi connectivity index (χ4n) is 3.99. The molecule has 0 aromatic heterocycles. The number of benzene rings is 2. The molecule has 2 aromatic rings. The number of rotatable bonds is 5. The number of hydrogen-bond donors (Lipinski definition) is 5. The molecule has 4 rings (SSSR count). The first kappa shape index (κ1) is 22.3. The smallest absolute Gasteiger partial charge is 0.229 e. The summed E-state index contributed by atoms with van der Waals surface area (Å²) in [7, 11) is 1.27. The van der Waals surface area contributed by atoms with Gasteiger partial charge in [0.15, 0.2) is 23.1 Å². The van der Waals surface area contributed by atoms with E-state index in [-0.39, 0.29) is 39.3 Å². The zero-order valence-electron chi connectivity index (χ0n) is 17.0. The van der Waals surface area contributed by atoms with Crippen LogP contribution in [0.5, 0.6) is 11.5 Å². The molecule has 1 fully saturated rings. The van der Waals surface area contributed by atoms with Crippen molar-refractivity contribution in [3.8, 4) is 11.5 Å². The highest BCUT2D eigenvalue weighted by Gasteiger charge is 2.46. The first-order valence-corrected chi connectivity index (χ1v) is 9.84. The van der Waals surface area contributed by atoms with Gasteiger partial charge in [-0.1, -0.05) is 24.3 Å². The van der Waals surface area contributed by atoms with Crippen molar-refractivity contribution in [3.05, 3.63) is 58.1 Å². The monoisotopic (exact) mass is 446 g/mol. The molecular weight excluding hydrogens is 424 g/mol. The van der Waals surface area contributed by atoms with Gasteiger partial charge in [0, 0.05) is 22.3 Å². The summed E-state index contributed by atoms with van der Waals surface area (Å²) in [6, 6.07) is 7.57. The van der Waals surface area contributed by atoms with Crippen LogP contribution in [0, 0.1) is 0 Å². The summed E-state index contributed by atoms with van der Waals surface area (Å²) in [6.07, 6.45) is -7.96. The van der Waals surface area contributed by atoms with Gasteiger partial charge in [0.1, 0.15) is 24.4 Å². The average Bonchev–Trinajstić information content (AvgIpc) is 2.81. The van der Waals surface area contributed by atoms with Gasteiger partial charge in [0.25, 0.3) is 0 Å². The second-order valence-corrected chi connectivity index (χ2v) is 7.50. The lowest BCUT2D eigenvalue weighted by atomic mass is 9.82. The summed E-state index contributed by atoms with van der Waals surface area (Å²) in [5.41, 5.74) is 0.296. The Morgan fingerprint density at radius 3 is 2.16 bits per heavy atom. The van der Waals surface area contributed by atoms with Gasteiger partial charge in [-0.05, 0) is 6.07 Å². The van der Waals surface area contributed by atoms with Crippen molar-refractivity contribution in [2.75, 3.05) is 13.7 Å². The highest BCUT2D eigenvalue weighted by molar-refractivity contribution is 6.29. The maximum absolute atomic E-state index is 13.3. The Hall–Kier alpha value is -2.86. The molecule has 5 N–H and O–H groups in total. The highest BCUT2D eigenvalue weighted by Crippen LogP contribution is 2.43. The number of aliphatic hydroxyl groups is 5. The lowest BCUT2D eigenvalue weighted by Gasteiger charge is -2.40. The summed E-state index contributed by atoms with van der Waals surface area (Å²) in [4.78, 5) is 26.4. The second kappa shape index (κ2) is 8.58. The topological polar surface area (TPSA) is 163 Å². The van der Waals surface area contributed by atoms with Crippen molar-refractivity contribution in [1.29, 1.82) is 0 Å². The molecule has 5 atom stereocenters. The number of carbonyl (C=O) groups excluding carboxylic acids is 2. The van der Waals surface area contributed by atoms with Gasteiger partial charge < -0.3 is 39.7 Å². The van der Waals surface area contributed by atoms with Crippen molar-refractivity contribution in [2.45, 2.75) is 37.3 Å². The van der Waals surface area contributed by atoms with E-state index in [1.807, 2.05) is 0 Å². The molecule has 10 nitrogen and oxygen atoms in total. The molecule has 0 spiro atoms. The Morgan fingerprint density at radius 2 is 1.56 bits per heavy atom. The van der Waals surface area contributed by atoms with Gasteiger partial charge in [-0.25, -0.2) is 0 Å². The number of aliphatic hydroxyl groups excluding tert-OH is 5. The molecule has 0 bridgehead atoms. The van der Waals surface area contributed by atoms with Crippen molar-refractivity contribution in [2.24, 2.45) is 0 Å². The van der Waals surface area contributed by atoms with E-state index >= 15 is 0 Å². The normalized spacial score (nSPS) is 27.0. The molecule has 1 aliphatic carbocycles. The minimum Gasteiger partial charge on any atom is -0.492 e. The van der Waals surface area contributed by atoms with E-state index in [9.17, 15) is 35.1 Å². The highest BCUT2D eigenvalue weighted by atomic mass is 16.7. The van der Waals surface area contributed by atoms with E-state index in [1.54, 1.807) is 12.1 Å². The molecule has 32 heavy (non-hydrogen) atoms. The van der Waals surface area contributed by atoms with Crippen LogP contribution in [0.25, 0.3) is 0 Å². The Balaban J connectivity index is 1.87. The molecule has 170 valence electrons. The van der Waals surface area contributed by atoms with Gasteiger partial charge in [-0.3, -0.25) is 9.59 Å². The van der Waals surface area contributed by atoms with E-state index < -0.39 is 55.5 Å². The molecular formula is C22H22O10. The number of fused-ring (bicyclic) bond motifs is 2. The molecule has 0 saturated carbocycles. The zero-order valence-corrected chi connectivity index (χ0v) is 17.0. The summed E-state index contributed by atoms with van der Waals surface area (Å²) >= 11 is 0. The molecule has 1 heterocycles.